The van der Waals surface area contributed by atoms with E-state index in [1.165, 1.54) is 4.90 Å². The van der Waals surface area contributed by atoms with Gasteiger partial charge in [0.25, 0.3) is 0 Å². The Morgan fingerprint density at radius 2 is 1.92 bits per heavy atom. The number of rotatable bonds is 5. The predicted octanol–water partition coefficient (Wildman–Crippen LogP) is 2.57. The molecule has 7 nitrogen and oxygen atoms in total. The van der Waals surface area contributed by atoms with Crippen LogP contribution < -0.4 is 0 Å². The van der Waals surface area contributed by atoms with Gasteiger partial charge in [0.1, 0.15) is 5.60 Å². The highest BCUT2D eigenvalue weighted by Crippen LogP contribution is 2.42. The van der Waals surface area contributed by atoms with Gasteiger partial charge >= 0.3 is 18.0 Å². The van der Waals surface area contributed by atoms with Crippen molar-refractivity contribution in [3.05, 3.63) is 0 Å². The largest absolute Gasteiger partial charge is 0.481 e. The second-order valence-corrected chi connectivity index (χ2v) is 7.58. The number of ether oxygens (including phenoxy) is 2. The summed E-state index contributed by atoms with van der Waals surface area (Å²) < 4.78 is 10.7. The molecule has 2 bridgehead atoms. The Balaban J connectivity index is 2.03. The molecular weight excluding hydrogens is 314 g/mol. The smallest absolute Gasteiger partial charge is 0.411 e. The minimum atomic E-state index is -0.954. The normalized spacial score (nSPS) is 27.0. The molecule has 0 saturated carbocycles. The molecule has 24 heavy (non-hydrogen) atoms. The average molecular weight is 341 g/mol. The summed E-state index contributed by atoms with van der Waals surface area (Å²) in [6.45, 7) is 7.17. The van der Waals surface area contributed by atoms with E-state index in [2.05, 4.69) is 0 Å². The minimum Gasteiger partial charge on any atom is -0.481 e. The summed E-state index contributed by atoms with van der Waals surface area (Å²) in [4.78, 5) is 37.6. The van der Waals surface area contributed by atoms with E-state index in [4.69, 9.17) is 9.47 Å². The Morgan fingerprint density at radius 3 is 2.42 bits per heavy atom. The fourth-order valence-electron chi connectivity index (χ4n) is 3.58. The van der Waals surface area contributed by atoms with Crippen LogP contribution in [-0.4, -0.2) is 51.8 Å². The van der Waals surface area contributed by atoms with Gasteiger partial charge in [0.05, 0.1) is 5.92 Å². The first-order chi connectivity index (χ1) is 11.1. The standard InChI is InChI=1S/C17H27NO6/c1-5-6-13(15(21)24-17(2,3)4)23-16(22)18-10-7-8-12(18)11(9-10)14(19)20/h10-13H,5-9H2,1-4H3,(H,19,20). The van der Waals surface area contributed by atoms with E-state index in [0.29, 0.717) is 25.7 Å². The van der Waals surface area contributed by atoms with E-state index >= 15 is 0 Å². The van der Waals surface area contributed by atoms with Gasteiger partial charge in [-0.25, -0.2) is 9.59 Å². The maximum atomic E-state index is 12.5. The fraction of sp³-hybridized carbons (Fsp3) is 0.824. The highest BCUT2D eigenvalue weighted by molar-refractivity contribution is 5.80. The second-order valence-electron chi connectivity index (χ2n) is 7.58. The molecule has 0 spiro atoms. The van der Waals surface area contributed by atoms with Gasteiger partial charge in [-0.2, -0.15) is 0 Å². The molecule has 2 heterocycles. The Bertz CT molecular complexity index is 512. The van der Waals surface area contributed by atoms with Crippen molar-refractivity contribution in [1.29, 1.82) is 0 Å². The molecule has 1 amide bonds. The molecule has 4 atom stereocenters. The quantitative estimate of drug-likeness (QED) is 0.773. The van der Waals surface area contributed by atoms with E-state index in [-0.39, 0.29) is 12.1 Å². The number of nitrogens with zero attached hydrogens (tertiary/aromatic N) is 1. The Hall–Kier alpha value is -1.79. The number of aliphatic carboxylic acids is 1. The molecule has 2 saturated heterocycles. The highest BCUT2D eigenvalue weighted by atomic mass is 16.6. The number of fused-ring (bicyclic) bond motifs is 2. The van der Waals surface area contributed by atoms with Gasteiger partial charge in [0, 0.05) is 12.1 Å². The van der Waals surface area contributed by atoms with Crippen molar-refractivity contribution in [1.82, 2.24) is 4.90 Å². The molecule has 7 heteroatoms. The van der Waals surface area contributed by atoms with Crippen LogP contribution in [0.5, 0.6) is 0 Å². The van der Waals surface area contributed by atoms with Gasteiger partial charge in [-0.05, 0) is 46.5 Å². The van der Waals surface area contributed by atoms with E-state index in [1.54, 1.807) is 20.8 Å². The number of hydrogen-bond donors (Lipinski definition) is 1. The number of hydrogen-bond acceptors (Lipinski definition) is 5. The van der Waals surface area contributed by atoms with Crippen molar-refractivity contribution in [2.75, 3.05) is 0 Å². The van der Waals surface area contributed by atoms with Crippen LogP contribution in [0.2, 0.25) is 0 Å². The molecule has 2 fully saturated rings. The summed E-state index contributed by atoms with van der Waals surface area (Å²) in [5.74, 6) is -1.97. The molecule has 136 valence electrons. The van der Waals surface area contributed by atoms with E-state index in [1.807, 2.05) is 6.92 Å². The maximum Gasteiger partial charge on any atom is 0.411 e. The van der Waals surface area contributed by atoms with Crippen molar-refractivity contribution in [3.63, 3.8) is 0 Å². The summed E-state index contributed by atoms with van der Waals surface area (Å²) in [5.41, 5.74) is -0.656. The molecule has 1 N–H and O–H groups in total. The highest BCUT2D eigenvalue weighted by Gasteiger charge is 2.52. The molecule has 2 aliphatic rings. The van der Waals surface area contributed by atoms with Crippen molar-refractivity contribution in [2.24, 2.45) is 5.92 Å². The molecule has 2 aliphatic heterocycles. The van der Waals surface area contributed by atoms with Crippen LogP contribution >= 0.6 is 0 Å². The summed E-state index contributed by atoms with van der Waals surface area (Å²) in [7, 11) is 0. The summed E-state index contributed by atoms with van der Waals surface area (Å²) in [6, 6.07) is -0.439. The summed E-state index contributed by atoms with van der Waals surface area (Å²) >= 11 is 0. The SMILES string of the molecule is CCCC(OC(=O)N1C2CCC1C(C(=O)O)C2)C(=O)OC(C)(C)C. The third-order valence-corrected chi connectivity index (χ3v) is 4.53. The lowest BCUT2D eigenvalue weighted by atomic mass is 9.89. The third kappa shape index (κ3) is 3.99. The molecule has 2 rings (SSSR count). The molecule has 0 aliphatic carbocycles. The lowest BCUT2D eigenvalue weighted by Gasteiger charge is -2.27. The maximum absolute atomic E-state index is 12.5. The monoisotopic (exact) mass is 341 g/mol. The predicted molar refractivity (Wildman–Crippen MR) is 85.4 cm³/mol. The zero-order valence-electron chi connectivity index (χ0n) is 14.8. The first-order valence-electron chi connectivity index (χ1n) is 8.58. The number of carbonyl (C=O) groups excluding carboxylic acids is 2. The number of carbonyl (C=O) groups is 3. The van der Waals surface area contributed by atoms with Crippen LogP contribution in [0.15, 0.2) is 0 Å². The van der Waals surface area contributed by atoms with Crippen LogP contribution in [0.25, 0.3) is 0 Å². The zero-order valence-corrected chi connectivity index (χ0v) is 14.8. The summed E-state index contributed by atoms with van der Waals surface area (Å²) in [5, 5.41) is 9.26. The van der Waals surface area contributed by atoms with E-state index < -0.39 is 35.7 Å². The van der Waals surface area contributed by atoms with E-state index in [9.17, 15) is 19.5 Å². The number of carboxylic acid groups (broad SMARTS) is 1. The lowest BCUT2D eigenvalue weighted by Crippen LogP contribution is -2.42. The lowest BCUT2D eigenvalue weighted by molar-refractivity contribution is -0.166. The van der Waals surface area contributed by atoms with Crippen molar-refractivity contribution in [2.45, 2.75) is 83.6 Å². The number of carboxylic acids is 1. The Labute approximate surface area is 142 Å². The minimum absolute atomic E-state index is 0.107. The van der Waals surface area contributed by atoms with Crippen LogP contribution in [0.3, 0.4) is 0 Å². The first-order valence-corrected chi connectivity index (χ1v) is 8.58. The Morgan fingerprint density at radius 1 is 1.25 bits per heavy atom. The van der Waals surface area contributed by atoms with Gasteiger partial charge < -0.3 is 19.5 Å². The summed E-state index contributed by atoms with van der Waals surface area (Å²) in [6.07, 6.45) is 1.41. The molecule has 0 aromatic rings. The second kappa shape index (κ2) is 6.99. The van der Waals surface area contributed by atoms with Crippen LogP contribution in [0.1, 0.15) is 59.8 Å². The van der Waals surface area contributed by atoms with Crippen molar-refractivity contribution in [3.8, 4) is 0 Å². The van der Waals surface area contributed by atoms with Crippen molar-refractivity contribution < 1.29 is 29.0 Å². The van der Waals surface area contributed by atoms with Gasteiger partial charge in [0.2, 0.25) is 6.10 Å². The molecular formula is C17H27NO6. The van der Waals surface area contributed by atoms with Crippen LogP contribution in [-0.2, 0) is 19.1 Å². The zero-order chi connectivity index (χ0) is 18.1. The average Bonchev–Trinajstić information content (AvgIpc) is 3.02. The van der Waals surface area contributed by atoms with E-state index in [0.717, 1.165) is 6.42 Å². The third-order valence-electron chi connectivity index (χ3n) is 4.53. The molecule has 0 radical (unpaired) electrons. The number of esters is 1. The number of amides is 1. The molecule has 4 unspecified atom stereocenters. The fourth-order valence-corrected chi connectivity index (χ4v) is 3.58. The molecule has 0 aromatic carbocycles. The topological polar surface area (TPSA) is 93.1 Å². The van der Waals surface area contributed by atoms with Gasteiger partial charge in [-0.3, -0.25) is 4.79 Å². The van der Waals surface area contributed by atoms with Crippen molar-refractivity contribution >= 4 is 18.0 Å². The van der Waals surface area contributed by atoms with Gasteiger partial charge in [-0.15, -0.1) is 0 Å². The molecule has 0 aromatic heterocycles. The van der Waals surface area contributed by atoms with Crippen LogP contribution in [0, 0.1) is 5.92 Å². The Kier molecular flexibility index (Phi) is 5.40. The van der Waals surface area contributed by atoms with Crippen LogP contribution in [0.4, 0.5) is 4.79 Å². The van der Waals surface area contributed by atoms with Gasteiger partial charge in [0.15, 0.2) is 0 Å². The first kappa shape index (κ1) is 18.5. The van der Waals surface area contributed by atoms with Gasteiger partial charge in [-0.1, -0.05) is 13.3 Å².